The quantitative estimate of drug-likeness (QED) is 0.365. The Balaban J connectivity index is 1.52. The Bertz CT molecular complexity index is 1310. The Hall–Kier alpha value is -3.86. The average molecular weight is 567 g/mol. The lowest BCUT2D eigenvalue weighted by molar-refractivity contribution is 0.0279. The highest BCUT2D eigenvalue weighted by Crippen LogP contribution is 2.32. The maximum absolute atomic E-state index is 13.6. The molecule has 1 aromatic carbocycles. The van der Waals surface area contributed by atoms with Gasteiger partial charge in [0.05, 0.1) is 0 Å². The van der Waals surface area contributed by atoms with Crippen molar-refractivity contribution in [3.8, 4) is 5.75 Å². The van der Waals surface area contributed by atoms with E-state index in [1.54, 1.807) is 34.4 Å². The van der Waals surface area contributed by atoms with Gasteiger partial charge in [-0.15, -0.1) is 11.3 Å². The van der Waals surface area contributed by atoms with Crippen LogP contribution in [0.3, 0.4) is 0 Å². The molecule has 0 radical (unpaired) electrons. The molecular formula is C29H38N6O4S. The molecule has 3 aromatic rings. The summed E-state index contributed by atoms with van der Waals surface area (Å²) in [5.74, 6) is 1.59. The van der Waals surface area contributed by atoms with Gasteiger partial charge in [-0.1, -0.05) is 12.1 Å². The largest absolute Gasteiger partial charge is 0.485 e. The molecule has 1 aliphatic heterocycles. The van der Waals surface area contributed by atoms with Crippen LogP contribution in [-0.4, -0.2) is 72.7 Å². The molecule has 11 heteroatoms. The number of fused-ring (bicyclic) bond motifs is 1. The maximum atomic E-state index is 13.6. The fourth-order valence-corrected chi connectivity index (χ4v) is 5.06. The summed E-state index contributed by atoms with van der Waals surface area (Å²) in [4.78, 5) is 41.3. The van der Waals surface area contributed by atoms with Crippen LogP contribution in [0.2, 0.25) is 0 Å². The molecule has 0 saturated carbocycles. The number of carbonyl (C=O) groups is 2. The van der Waals surface area contributed by atoms with Gasteiger partial charge in [-0.05, 0) is 51.3 Å². The lowest BCUT2D eigenvalue weighted by Gasteiger charge is -2.26. The van der Waals surface area contributed by atoms with Gasteiger partial charge in [0.2, 0.25) is 5.95 Å². The second-order valence-electron chi connectivity index (χ2n) is 10.6. The van der Waals surface area contributed by atoms with E-state index in [9.17, 15) is 9.59 Å². The van der Waals surface area contributed by atoms with E-state index >= 15 is 0 Å². The SMILES string of the molecule is CCNc1ncc2c(n1)N(C)CCN(c1cccc(O[C@H](CCN(C)C(=O)OC(C)(C)C)c3cccs3)c1)C2=O. The fraction of sp³-hybridized carbons (Fsp3) is 0.448. The normalized spacial score (nSPS) is 14.3. The van der Waals surface area contributed by atoms with E-state index in [2.05, 4.69) is 15.3 Å². The lowest BCUT2D eigenvalue weighted by Crippen LogP contribution is -2.35. The molecular weight excluding hydrogens is 528 g/mol. The monoisotopic (exact) mass is 566 g/mol. The van der Waals surface area contributed by atoms with Gasteiger partial charge in [0, 0.05) is 69.5 Å². The number of likely N-dealkylation sites (N-methyl/N-ethyl adjacent to an activating group) is 1. The predicted molar refractivity (Wildman–Crippen MR) is 159 cm³/mol. The summed E-state index contributed by atoms with van der Waals surface area (Å²) in [6, 6.07) is 11.6. The van der Waals surface area contributed by atoms with Crippen molar-refractivity contribution in [1.29, 1.82) is 0 Å². The first-order valence-corrected chi connectivity index (χ1v) is 14.3. The molecule has 0 aliphatic carbocycles. The van der Waals surface area contributed by atoms with Crippen LogP contribution < -0.4 is 19.9 Å². The van der Waals surface area contributed by atoms with Gasteiger partial charge in [-0.2, -0.15) is 4.98 Å². The van der Waals surface area contributed by atoms with Gasteiger partial charge in [0.1, 0.15) is 28.8 Å². The Morgan fingerprint density at radius 2 is 2.02 bits per heavy atom. The van der Waals surface area contributed by atoms with E-state index in [-0.39, 0.29) is 18.1 Å². The van der Waals surface area contributed by atoms with E-state index in [0.29, 0.717) is 55.7 Å². The van der Waals surface area contributed by atoms with Crippen LogP contribution in [0.1, 0.15) is 55.5 Å². The van der Waals surface area contributed by atoms with Crippen LogP contribution >= 0.6 is 11.3 Å². The topological polar surface area (TPSA) is 100 Å². The number of aromatic nitrogens is 2. The number of carbonyl (C=O) groups excluding carboxylic acids is 2. The highest BCUT2D eigenvalue weighted by molar-refractivity contribution is 7.10. The molecule has 214 valence electrons. The van der Waals surface area contributed by atoms with Crippen LogP contribution in [0, 0.1) is 0 Å². The van der Waals surface area contributed by atoms with Crippen LogP contribution in [-0.2, 0) is 4.74 Å². The van der Waals surface area contributed by atoms with Gasteiger partial charge >= 0.3 is 6.09 Å². The van der Waals surface area contributed by atoms with E-state index in [1.807, 2.05) is 81.4 Å². The van der Waals surface area contributed by atoms with Crippen molar-refractivity contribution >= 4 is 40.8 Å². The molecule has 40 heavy (non-hydrogen) atoms. The summed E-state index contributed by atoms with van der Waals surface area (Å²) in [5.41, 5.74) is 0.626. The number of rotatable bonds is 9. The smallest absolute Gasteiger partial charge is 0.410 e. The molecule has 1 aliphatic rings. The van der Waals surface area contributed by atoms with Crippen molar-refractivity contribution < 1.29 is 19.1 Å². The highest BCUT2D eigenvalue weighted by Gasteiger charge is 2.29. The molecule has 0 fully saturated rings. The number of thiophene rings is 1. The van der Waals surface area contributed by atoms with E-state index < -0.39 is 5.60 Å². The van der Waals surface area contributed by atoms with Crippen molar-refractivity contribution in [2.75, 3.05) is 55.4 Å². The summed E-state index contributed by atoms with van der Waals surface area (Å²) in [6.07, 6.45) is 1.52. The first-order chi connectivity index (χ1) is 19.1. The standard InChI is InChI=1S/C29H38N6O4S/c1-7-30-27-31-19-22-25(32-27)33(5)15-16-35(26(22)36)20-10-8-11-21(18-20)38-23(24-12-9-17-40-24)13-14-34(6)28(37)39-29(2,3)4/h8-12,17-19,23H,7,13-16H2,1-6H3,(H,30,31,32)/t23-/m1/s1. The van der Waals surface area contributed by atoms with Crippen molar-refractivity contribution in [2.24, 2.45) is 0 Å². The number of nitrogens with zero attached hydrogens (tertiary/aromatic N) is 5. The van der Waals surface area contributed by atoms with Gasteiger partial charge in [-0.25, -0.2) is 9.78 Å². The van der Waals surface area contributed by atoms with Crippen LogP contribution in [0.4, 0.5) is 22.2 Å². The molecule has 2 amide bonds. The van der Waals surface area contributed by atoms with Crippen molar-refractivity contribution in [1.82, 2.24) is 14.9 Å². The zero-order valence-corrected chi connectivity index (χ0v) is 24.8. The van der Waals surface area contributed by atoms with Crippen molar-refractivity contribution in [3.05, 3.63) is 58.4 Å². The number of hydrogen-bond acceptors (Lipinski definition) is 9. The molecule has 0 spiro atoms. The first-order valence-electron chi connectivity index (χ1n) is 13.4. The summed E-state index contributed by atoms with van der Waals surface area (Å²) in [7, 11) is 3.66. The zero-order chi connectivity index (χ0) is 28.9. The highest BCUT2D eigenvalue weighted by atomic mass is 32.1. The maximum Gasteiger partial charge on any atom is 0.410 e. The van der Waals surface area contributed by atoms with Gasteiger partial charge in [-0.3, -0.25) is 4.79 Å². The minimum atomic E-state index is -0.559. The number of ether oxygens (including phenoxy) is 2. The van der Waals surface area contributed by atoms with Crippen LogP contribution in [0.25, 0.3) is 0 Å². The second-order valence-corrected chi connectivity index (χ2v) is 11.6. The number of amides is 2. The molecule has 3 heterocycles. The van der Waals surface area contributed by atoms with Crippen molar-refractivity contribution in [2.45, 2.75) is 45.8 Å². The summed E-state index contributed by atoms with van der Waals surface area (Å²) in [6.45, 7) is 9.78. The predicted octanol–water partition coefficient (Wildman–Crippen LogP) is 5.44. The van der Waals surface area contributed by atoms with Crippen LogP contribution in [0.5, 0.6) is 5.75 Å². The molecule has 0 saturated heterocycles. The minimum Gasteiger partial charge on any atom is -0.485 e. The minimum absolute atomic E-state index is 0.159. The molecule has 4 rings (SSSR count). The number of hydrogen-bond donors (Lipinski definition) is 1. The molecule has 0 bridgehead atoms. The van der Waals surface area contributed by atoms with E-state index in [0.717, 1.165) is 10.6 Å². The third-order valence-corrected chi connectivity index (χ3v) is 7.26. The second kappa shape index (κ2) is 12.5. The fourth-order valence-electron chi connectivity index (χ4n) is 4.27. The molecule has 2 aromatic heterocycles. The molecule has 10 nitrogen and oxygen atoms in total. The molecule has 1 atom stereocenters. The van der Waals surface area contributed by atoms with Gasteiger partial charge in [0.25, 0.3) is 5.91 Å². The average Bonchev–Trinajstić information content (AvgIpc) is 3.41. The first kappa shape index (κ1) is 29.1. The summed E-state index contributed by atoms with van der Waals surface area (Å²) >= 11 is 1.60. The summed E-state index contributed by atoms with van der Waals surface area (Å²) < 4.78 is 12.0. The lowest BCUT2D eigenvalue weighted by atomic mass is 10.2. The number of anilines is 3. The third-order valence-electron chi connectivity index (χ3n) is 6.30. The number of benzene rings is 1. The third kappa shape index (κ3) is 7.20. The molecule has 1 N–H and O–H groups in total. The Morgan fingerprint density at radius 1 is 1.23 bits per heavy atom. The Labute approximate surface area is 239 Å². The Morgan fingerprint density at radius 3 is 2.73 bits per heavy atom. The van der Waals surface area contributed by atoms with E-state index in [4.69, 9.17) is 9.47 Å². The van der Waals surface area contributed by atoms with Crippen LogP contribution in [0.15, 0.2) is 48.0 Å². The van der Waals surface area contributed by atoms with Gasteiger partial charge < -0.3 is 29.5 Å². The van der Waals surface area contributed by atoms with Crippen molar-refractivity contribution in [3.63, 3.8) is 0 Å². The summed E-state index contributed by atoms with van der Waals surface area (Å²) in [5, 5.41) is 5.12. The van der Waals surface area contributed by atoms with E-state index in [1.165, 1.54) is 0 Å². The zero-order valence-electron chi connectivity index (χ0n) is 24.0. The Kier molecular flexibility index (Phi) is 9.14. The molecule has 0 unspecified atom stereocenters. The number of nitrogens with one attached hydrogen (secondary N) is 1. The van der Waals surface area contributed by atoms with Gasteiger partial charge in [0.15, 0.2) is 0 Å².